The minimum absolute atomic E-state index is 0.510. The summed E-state index contributed by atoms with van der Waals surface area (Å²) in [5.74, 6) is 0.802. The quantitative estimate of drug-likeness (QED) is 0.672. The van der Waals surface area contributed by atoms with Crippen LogP contribution in [0.5, 0.6) is 5.88 Å². The molecule has 3 heterocycles. The number of pyridine rings is 1. The molecule has 7 heteroatoms. The monoisotopic (exact) mass is 335 g/mol. The Balaban J connectivity index is 1.59. The van der Waals surface area contributed by atoms with Gasteiger partial charge in [-0.1, -0.05) is 0 Å². The van der Waals surface area contributed by atoms with Crippen LogP contribution in [0.15, 0.2) is 36.8 Å². The van der Waals surface area contributed by atoms with Gasteiger partial charge in [0, 0.05) is 35.7 Å². The SMILES string of the molecule is NC(=O)C=Cc1c[nH]c2ncc(-c3ccc(OCC4CC4)nc3)nc12. The first-order valence-electron chi connectivity index (χ1n) is 8.10. The van der Waals surface area contributed by atoms with Crippen LogP contribution in [0.1, 0.15) is 18.4 Å². The fourth-order valence-corrected chi connectivity index (χ4v) is 2.45. The van der Waals surface area contributed by atoms with Crippen LogP contribution in [0.2, 0.25) is 0 Å². The maximum atomic E-state index is 10.9. The van der Waals surface area contributed by atoms with Crippen molar-refractivity contribution in [1.29, 1.82) is 0 Å². The number of H-pyrrole nitrogens is 1. The molecule has 1 amide bonds. The van der Waals surface area contributed by atoms with Gasteiger partial charge in [0.05, 0.1) is 18.5 Å². The minimum Gasteiger partial charge on any atom is -0.477 e. The Kier molecular flexibility index (Phi) is 3.89. The highest BCUT2D eigenvalue weighted by Crippen LogP contribution is 2.29. The molecule has 126 valence electrons. The van der Waals surface area contributed by atoms with Gasteiger partial charge in [-0.15, -0.1) is 0 Å². The summed E-state index contributed by atoms with van der Waals surface area (Å²) in [7, 11) is 0. The first-order valence-corrected chi connectivity index (χ1v) is 8.10. The zero-order valence-electron chi connectivity index (χ0n) is 13.5. The van der Waals surface area contributed by atoms with E-state index in [2.05, 4.69) is 19.9 Å². The number of aromatic nitrogens is 4. The summed E-state index contributed by atoms with van der Waals surface area (Å²) in [6.45, 7) is 0.733. The van der Waals surface area contributed by atoms with Crippen molar-refractivity contribution in [2.45, 2.75) is 12.8 Å². The number of ether oxygens (including phenoxy) is 1. The lowest BCUT2D eigenvalue weighted by atomic mass is 10.2. The molecule has 25 heavy (non-hydrogen) atoms. The maximum Gasteiger partial charge on any atom is 0.241 e. The molecule has 1 fully saturated rings. The Morgan fingerprint density at radius 1 is 1.32 bits per heavy atom. The third-order valence-corrected chi connectivity index (χ3v) is 4.03. The summed E-state index contributed by atoms with van der Waals surface area (Å²) in [5.41, 5.74) is 8.75. The minimum atomic E-state index is -0.510. The van der Waals surface area contributed by atoms with Gasteiger partial charge in [-0.25, -0.2) is 15.0 Å². The van der Waals surface area contributed by atoms with Crippen molar-refractivity contribution < 1.29 is 9.53 Å². The van der Waals surface area contributed by atoms with E-state index in [1.165, 1.54) is 18.9 Å². The van der Waals surface area contributed by atoms with Crippen LogP contribution in [0.4, 0.5) is 0 Å². The number of hydrogen-bond donors (Lipinski definition) is 2. The molecule has 0 saturated heterocycles. The predicted octanol–water partition coefficient (Wildman–Crippen LogP) is 2.31. The fourth-order valence-electron chi connectivity index (χ4n) is 2.45. The van der Waals surface area contributed by atoms with E-state index < -0.39 is 5.91 Å². The Bertz CT molecular complexity index is 942. The molecule has 0 atom stereocenters. The van der Waals surface area contributed by atoms with Gasteiger partial charge in [0.1, 0.15) is 5.52 Å². The molecule has 0 aliphatic heterocycles. The van der Waals surface area contributed by atoms with E-state index in [0.29, 0.717) is 28.7 Å². The van der Waals surface area contributed by atoms with Crippen LogP contribution in [0.25, 0.3) is 28.5 Å². The number of nitrogens with zero attached hydrogens (tertiary/aromatic N) is 3. The summed E-state index contributed by atoms with van der Waals surface area (Å²) in [6, 6.07) is 3.76. The number of primary amides is 1. The molecule has 3 aromatic heterocycles. The first kappa shape index (κ1) is 15.3. The zero-order valence-corrected chi connectivity index (χ0v) is 13.5. The molecule has 0 radical (unpaired) electrons. The standard InChI is InChI=1S/C18H17N5O2/c19-15(24)5-3-13-8-21-18-17(13)23-14(9-22-18)12-4-6-16(20-7-12)25-10-11-1-2-11/h3-9,11H,1-2,10H2,(H2,19,24)(H,21,22). The normalized spacial score (nSPS) is 14.2. The molecule has 4 rings (SSSR count). The van der Waals surface area contributed by atoms with Crippen LogP contribution >= 0.6 is 0 Å². The van der Waals surface area contributed by atoms with Crippen LogP contribution in [-0.2, 0) is 4.79 Å². The third-order valence-electron chi connectivity index (χ3n) is 4.03. The number of hydrogen-bond acceptors (Lipinski definition) is 5. The molecule has 0 bridgehead atoms. The predicted molar refractivity (Wildman–Crippen MR) is 93.6 cm³/mol. The van der Waals surface area contributed by atoms with Gasteiger partial charge in [-0.05, 0) is 30.9 Å². The highest BCUT2D eigenvalue weighted by Gasteiger charge is 2.22. The largest absolute Gasteiger partial charge is 0.477 e. The number of nitrogens with two attached hydrogens (primary N) is 1. The van der Waals surface area contributed by atoms with E-state index in [4.69, 9.17) is 10.5 Å². The lowest BCUT2D eigenvalue weighted by molar-refractivity contribution is -0.113. The van der Waals surface area contributed by atoms with Crippen LogP contribution < -0.4 is 10.5 Å². The lowest BCUT2D eigenvalue weighted by Gasteiger charge is -2.05. The molecule has 3 aromatic rings. The number of amides is 1. The van der Waals surface area contributed by atoms with Gasteiger partial charge in [0.25, 0.3) is 0 Å². The Morgan fingerprint density at radius 3 is 2.92 bits per heavy atom. The molecular weight excluding hydrogens is 318 g/mol. The Hall–Kier alpha value is -3.22. The third kappa shape index (κ3) is 3.50. The number of rotatable bonds is 6. The molecule has 1 aliphatic carbocycles. The van der Waals surface area contributed by atoms with Crippen LogP contribution in [0, 0.1) is 5.92 Å². The lowest BCUT2D eigenvalue weighted by Crippen LogP contribution is -2.05. The van der Waals surface area contributed by atoms with Crippen LogP contribution in [-0.4, -0.2) is 32.4 Å². The highest BCUT2D eigenvalue weighted by atomic mass is 16.5. The average molecular weight is 335 g/mol. The maximum absolute atomic E-state index is 10.9. The summed E-state index contributed by atoms with van der Waals surface area (Å²) in [4.78, 5) is 27.3. The number of fused-ring (bicyclic) bond motifs is 1. The van der Waals surface area contributed by atoms with Crippen molar-refractivity contribution in [1.82, 2.24) is 19.9 Å². The van der Waals surface area contributed by atoms with Crippen LogP contribution in [0.3, 0.4) is 0 Å². The van der Waals surface area contributed by atoms with Crippen molar-refractivity contribution in [2.24, 2.45) is 11.7 Å². The summed E-state index contributed by atoms with van der Waals surface area (Å²) < 4.78 is 5.65. The van der Waals surface area contributed by atoms with E-state index in [9.17, 15) is 4.79 Å². The van der Waals surface area contributed by atoms with E-state index >= 15 is 0 Å². The van der Waals surface area contributed by atoms with Crippen molar-refractivity contribution >= 4 is 23.1 Å². The number of carbonyl (C=O) groups excluding carboxylic acids is 1. The summed E-state index contributed by atoms with van der Waals surface area (Å²) >= 11 is 0. The van der Waals surface area contributed by atoms with Gasteiger partial charge in [-0.3, -0.25) is 4.79 Å². The smallest absolute Gasteiger partial charge is 0.241 e. The van der Waals surface area contributed by atoms with Gasteiger partial charge in [0.2, 0.25) is 11.8 Å². The van der Waals surface area contributed by atoms with Gasteiger partial charge in [0.15, 0.2) is 5.65 Å². The second-order valence-electron chi connectivity index (χ2n) is 6.07. The fraction of sp³-hybridized carbons (Fsp3) is 0.222. The van der Waals surface area contributed by atoms with Crippen molar-refractivity contribution in [3.05, 3.63) is 42.4 Å². The van der Waals surface area contributed by atoms with Gasteiger partial charge < -0.3 is 15.5 Å². The van der Waals surface area contributed by atoms with E-state index in [0.717, 1.165) is 17.7 Å². The zero-order chi connectivity index (χ0) is 17.2. The number of carbonyl (C=O) groups is 1. The topological polar surface area (TPSA) is 107 Å². The molecule has 0 aromatic carbocycles. The summed E-state index contributed by atoms with van der Waals surface area (Å²) in [5, 5.41) is 0. The second-order valence-corrected chi connectivity index (χ2v) is 6.07. The highest BCUT2D eigenvalue weighted by molar-refractivity contribution is 5.93. The average Bonchev–Trinajstić information content (AvgIpc) is 3.37. The molecule has 0 unspecified atom stereocenters. The molecule has 1 aliphatic rings. The van der Waals surface area contributed by atoms with Gasteiger partial charge in [-0.2, -0.15) is 0 Å². The Morgan fingerprint density at radius 2 is 2.20 bits per heavy atom. The van der Waals surface area contributed by atoms with Gasteiger partial charge >= 0.3 is 0 Å². The molecular formula is C18H17N5O2. The molecule has 7 nitrogen and oxygen atoms in total. The van der Waals surface area contributed by atoms with E-state index in [1.807, 2.05) is 12.1 Å². The molecule has 1 saturated carbocycles. The summed E-state index contributed by atoms with van der Waals surface area (Å²) in [6.07, 6.45) is 10.6. The molecule has 0 spiro atoms. The van der Waals surface area contributed by atoms with Crippen molar-refractivity contribution in [3.8, 4) is 17.1 Å². The van der Waals surface area contributed by atoms with E-state index in [1.54, 1.807) is 24.7 Å². The van der Waals surface area contributed by atoms with E-state index in [-0.39, 0.29) is 0 Å². The Labute approximate surface area is 144 Å². The van der Waals surface area contributed by atoms with Crippen molar-refractivity contribution in [2.75, 3.05) is 6.61 Å². The second kappa shape index (κ2) is 6.35. The number of nitrogens with one attached hydrogen (secondary N) is 1. The molecule has 3 N–H and O–H groups in total. The first-order chi connectivity index (χ1) is 12.2. The van der Waals surface area contributed by atoms with Crippen molar-refractivity contribution in [3.63, 3.8) is 0 Å². The number of aromatic amines is 1.